The van der Waals surface area contributed by atoms with Crippen LogP contribution in [0.15, 0.2) is 72.4 Å². The quantitative estimate of drug-likeness (QED) is 0.486. The normalized spacial score (nSPS) is 10.8. The van der Waals surface area contributed by atoms with E-state index in [4.69, 9.17) is 4.74 Å². The Balaban J connectivity index is 1.33. The third-order valence-electron chi connectivity index (χ3n) is 4.27. The molecule has 0 atom stereocenters. The summed E-state index contributed by atoms with van der Waals surface area (Å²) in [7, 11) is 0. The monoisotopic (exact) mass is 405 g/mol. The summed E-state index contributed by atoms with van der Waals surface area (Å²) in [5, 5.41) is 15.9. The highest BCUT2D eigenvalue weighted by Gasteiger charge is 2.15. The summed E-state index contributed by atoms with van der Waals surface area (Å²) in [6, 6.07) is 19.9. The minimum atomic E-state index is -0.156. The van der Waals surface area contributed by atoms with Crippen molar-refractivity contribution in [3.63, 3.8) is 0 Å². The van der Waals surface area contributed by atoms with Crippen LogP contribution in [0.3, 0.4) is 0 Å². The number of carbonyl (C=O) groups excluding carboxylic acids is 1. The fraction of sp³-hybridized carbons (Fsp3) is 0.143. The topological polar surface area (TPSA) is 81.9 Å². The molecule has 0 radical (unpaired) electrons. The summed E-state index contributed by atoms with van der Waals surface area (Å²) in [4.78, 5) is 13.2. The highest BCUT2D eigenvalue weighted by Crippen LogP contribution is 2.20. The lowest BCUT2D eigenvalue weighted by Gasteiger charge is -2.09. The zero-order valence-corrected chi connectivity index (χ0v) is 16.4. The molecule has 0 saturated carbocycles. The number of ether oxygens (including phenoxy) is 1. The number of benzene rings is 2. The average Bonchev–Trinajstić information content (AvgIpc) is 3.45. The van der Waals surface area contributed by atoms with Gasteiger partial charge in [0.05, 0.1) is 18.9 Å². The van der Waals surface area contributed by atoms with E-state index in [1.165, 1.54) is 22.3 Å². The molecule has 0 bridgehead atoms. The van der Waals surface area contributed by atoms with Gasteiger partial charge in [-0.25, -0.2) is 0 Å². The molecule has 4 aromatic rings. The van der Waals surface area contributed by atoms with E-state index in [1.807, 2.05) is 66.0 Å². The number of carbonyl (C=O) groups is 1. The van der Waals surface area contributed by atoms with Gasteiger partial charge in [-0.1, -0.05) is 54.6 Å². The van der Waals surface area contributed by atoms with Crippen LogP contribution in [-0.2, 0) is 24.5 Å². The fourth-order valence-electron chi connectivity index (χ4n) is 2.88. The molecule has 0 aliphatic rings. The van der Waals surface area contributed by atoms with Crippen molar-refractivity contribution < 1.29 is 9.53 Å². The average molecular weight is 405 g/mol. The minimum Gasteiger partial charge on any atom is -0.372 e. The molecule has 0 aliphatic heterocycles. The van der Waals surface area contributed by atoms with Gasteiger partial charge in [0.15, 0.2) is 0 Å². The molecular weight excluding hydrogens is 386 g/mol. The Morgan fingerprint density at radius 3 is 2.62 bits per heavy atom. The Morgan fingerprint density at radius 1 is 1.00 bits per heavy atom. The van der Waals surface area contributed by atoms with Crippen LogP contribution < -0.4 is 5.32 Å². The van der Waals surface area contributed by atoms with Crippen molar-refractivity contribution in [3.05, 3.63) is 93.9 Å². The number of nitrogens with zero attached hydrogens (tertiary/aromatic N) is 4. The van der Waals surface area contributed by atoms with Gasteiger partial charge in [0.25, 0.3) is 5.91 Å². The molecular formula is C21H19N5O2S. The number of rotatable bonds is 8. The lowest BCUT2D eigenvalue weighted by atomic mass is 10.1. The van der Waals surface area contributed by atoms with Gasteiger partial charge in [-0.2, -0.15) is 4.68 Å². The maximum Gasteiger partial charge on any atom is 0.263 e. The van der Waals surface area contributed by atoms with Crippen LogP contribution >= 0.6 is 11.3 Å². The van der Waals surface area contributed by atoms with Crippen LogP contribution in [0.1, 0.15) is 26.4 Å². The van der Waals surface area contributed by atoms with E-state index < -0.39 is 0 Å². The highest BCUT2D eigenvalue weighted by molar-refractivity contribution is 7.12. The smallest absolute Gasteiger partial charge is 0.263 e. The van der Waals surface area contributed by atoms with Crippen molar-refractivity contribution in [2.75, 3.05) is 0 Å². The summed E-state index contributed by atoms with van der Waals surface area (Å²) in [6.07, 6.45) is 1.47. The third-order valence-corrected chi connectivity index (χ3v) is 5.17. The zero-order valence-electron chi connectivity index (χ0n) is 15.6. The Labute approximate surface area is 172 Å². The number of tetrazole rings is 1. The zero-order chi connectivity index (χ0) is 19.9. The van der Waals surface area contributed by atoms with Crippen LogP contribution in [0, 0.1) is 0 Å². The predicted octanol–water partition coefficient (Wildman–Crippen LogP) is 3.37. The van der Waals surface area contributed by atoms with Crippen LogP contribution in [0.25, 0.3) is 5.69 Å². The molecule has 0 spiro atoms. The maximum atomic E-state index is 12.6. The van der Waals surface area contributed by atoms with Crippen LogP contribution in [0.2, 0.25) is 0 Å². The number of amides is 1. The van der Waals surface area contributed by atoms with Crippen LogP contribution in [0.4, 0.5) is 0 Å². The molecule has 8 heteroatoms. The second-order valence-corrected chi connectivity index (χ2v) is 7.29. The van der Waals surface area contributed by atoms with Crippen molar-refractivity contribution in [2.24, 2.45) is 0 Å². The molecule has 0 saturated heterocycles. The number of hydrogen-bond donors (Lipinski definition) is 1. The van der Waals surface area contributed by atoms with E-state index in [-0.39, 0.29) is 5.91 Å². The highest BCUT2D eigenvalue weighted by atomic mass is 32.1. The second kappa shape index (κ2) is 9.22. The van der Waals surface area contributed by atoms with Gasteiger partial charge in [-0.3, -0.25) is 4.79 Å². The van der Waals surface area contributed by atoms with E-state index in [0.29, 0.717) is 30.3 Å². The fourth-order valence-corrected chi connectivity index (χ4v) is 3.67. The van der Waals surface area contributed by atoms with E-state index in [1.54, 1.807) is 0 Å². The Kier molecular flexibility index (Phi) is 6.04. The van der Waals surface area contributed by atoms with Crippen LogP contribution in [0.5, 0.6) is 0 Å². The molecule has 0 fully saturated rings. The number of nitrogens with one attached hydrogen (secondary N) is 1. The van der Waals surface area contributed by atoms with Crippen LogP contribution in [-0.4, -0.2) is 26.1 Å². The van der Waals surface area contributed by atoms with Gasteiger partial charge in [-0.15, -0.1) is 16.4 Å². The molecule has 1 amide bonds. The SMILES string of the molecule is O=C(NCc1cccc(COCc2ccccc2)c1)c1sccc1-n1cnnn1. The van der Waals surface area contributed by atoms with Crippen molar-refractivity contribution in [3.8, 4) is 5.69 Å². The Hall–Kier alpha value is -3.36. The molecule has 29 heavy (non-hydrogen) atoms. The van der Waals surface area contributed by atoms with Crippen molar-refractivity contribution in [2.45, 2.75) is 19.8 Å². The first-order valence-corrected chi connectivity index (χ1v) is 9.96. The van der Waals surface area contributed by atoms with E-state index >= 15 is 0 Å². The molecule has 2 heterocycles. The van der Waals surface area contributed by atoms with Crippen molar-refractivity contribution in [1.29, 1.82) is 0 Å². The molecule has 2 aromatic heterocycles. The third kappa shape index (κ3) is 4.92. The Bertz CT molecular complexity index is 1060. The Morgan fingerprint density at radius 2 is 1.79 bits per heavy atom. The molecule has 146 valence electrons. The first kappa shape index (κ1) is 19.0. The van der Waals surface area contributed by atoms with Crippen molar-refractivity contribution >= 4 is 17.2 Å². The van der Waals surface area contributed by atoms with E-state index in [0.717, 1.165) is 16.7 Å². The van der Waals surface area contributed by atoms with Gasteiger partial charge in [0.2, 0.25) is 0 Å². The molecule has 0 unspecified atom stereocenters. The summed E-state index contributed by atoms with van der Waals surface area (Å²) in [6.45, 7) is 1.52. The lowest BCUT2D eigenvalue weighted by molar-refractivity contribution is 0.0954. The molecule has 1 N–H and O–H groups in total. The number of thiophene rings is 1. The van der Waals surface area contributed by atoms with Gasteiger partial charge in [-0.05, 0) is 38.6 Å². The summed E-state index contributed by atoms with van der Waals surface area (Å²) in [5.74, 6) is -0.156. The van der Waals surface area contributed by atoms with Crippen molar-refractivity contribution in [1.82, 2.24) is 25.5 Å². The first-order valence-electron chi connectivity index (χ1n) is 9.08. The predicted molar refractivity (Wildman–Crippen MR) is 110 cm³/mol. The van der Waals surface area contributed by atoms with E-state index in [9.17, 15) is 4.79 Å². The molecule has 7 nitrogen and oxygen atoms in total. The maximum absolute atomic E-state index is 12.6. The molecule has 4 rings (SSSR count). The summed E-state index contributed by atoms with van der Waals surface area (Å²) < 4.78 is 7.28. The lowest BCUT2D eigenvalue weighted by Crippen LogP contribution is -2.23. The summed E-state index contributed by atoms with van der Waals surface area (Å²) in [5.41, 5.74) is 3.89. The largest absolute Gasteiger partial charge is 0.372 e. The van der Waals surface area contributed by atoms with Gasteiger partial charge in [0, 0.05) is 6.54 Å². The van der Waals surface area contributed by atoms with Gasteiger partial charge < -0.3 is 10.1 Å². The van der Waals surface area contributed by atoms with Gasteiger partial charge in [0.1, 0.15) is 11.2 Å². The standard InChI is InChI=1S/C21H19N5O2S/c27-21(20-19(9-10-29-20)26-15-23-24-25-26)22-12-17-7-4-8-18(11-17)14-28-13-16-5-2-1-3-6-16/h1-11,15H,12-14H2,(H,22,27). The van der Waals surface area contributed by atoms with E-state index in [2.05, 4.69) is 20.8 Å². The molecule has 2 aromatic carbocycles. The van der Waals surface area contributed by atoms with Gasteiger partial charge >= 0.3 is 0 Å². The minimum absolute atomic E-state index is 0.156. The number of hydrogen-bond acceptors (Lipinski definition) is 6. The summed E-state index contributed by atoms with van der Waals surface area (Å²) >= 11 is 1.35. The second-order valence-electron chi connectivity index (χ2n) is 6.37. The molecule has 0 aliphatic carbocycles. The first-order chi connectivity index (χ1) is 14.3. The number of aromatic nitrogens is 4.